The van der Waals surface area contributed by atoms with Crippen molar-refractivity contribution in [2.75, 3.05) is 12.3 Å². The predicted octanol–water partition coefficient (Wildman–Crippen LogP) is 3.25. The number of aromatic nitrogens is 1. The lowest BCUT2D eigenvalue weighted by atomic mass is 9.90. The monoisotopic (exact) mass is 302 g/mol. The molecule has 1 rings (SSSR count). The number of carbonyl (C=O) groups is 1. The lowest BCUT2D eigenvalue weighted by Crippen LogP contribution is -2.52. The summed E-state index contributed by atoms with van der Waals surface area (Å²) in [7, 11) is 0. The molecule has 19 heavy (non-hydrogen) atoms. The van der Waals surface area contributed by atoms with Crippen molar-refractivity contribution in [1.29, 1.82) is 0 Å². The molecule has 0 aliphatic carbocycles. The van der Waals surface area contributed by atoms with Gasteiger partial charge in [0.2, 0.25) is 0 Å². The van der Waals surface area contributed by atoms with Crippen molar-refractivity contribution in [2.45, 2.75) is 49.4 Å². The van der Waals surface area contributed by atoms with E-state index >= 15 is 0 Å². The smallest absolute Gasteiger partial charge is 0.323 e. The minimum absolute atomic E-state index is 0.615. The van der Waals surface area contributed by atoms with Gasteiger partial charge < -0.3 is 10.4 Å². The average molecular weight is 302 g/mol. The van der Waals surface area contributed by atoms with Gasteiger partial charge in [-0.05, 0) is 32.2 Å². The fraction of sp³-hybridized carbons (Fsp3) is 0.692. The standard InChI is InChI=1S/C13H22N2O2S2/c1-3-7-15-13(4-2,11(16)17)6-5-9-18-12-14-8-10-19-12/h8,10,15H,3-7,9H2,1-2H3,(H,16,17). The van der Waals surface area contributed by atoms with Crippen LogP contribution in [0.25, 0.3) is 0 Å². The van der Waals surface area contributed by atoms with Crippen molar-refractivity contribution in [2.24, 2.45) is 0 Å². The van der Waals surface area contributed by atoms with Crippen molar-refractivity contribution in [1.82, 2.24) is 10.3 Å². The molecule has 1 atom stereocenters. The average Bonchev–Trinajstić information content (AvgIpc) is 2.91. The summed E-state index contributed by atoms with van der Waals surface area (Å²) in [6.07, 6.45) is 4.90. The molecule has 0 aliphatic heterocycles. The lowest BCUT2D eigenvalue weighted by Gasteiger charge is -2.29. The lowest BCUT2D eigenvalue weighted by molar-refractivity contribution is -0.145. The molecule has 1 unspecified atom stereocenters. The molecule has 4 nitrogen and oxygen atoms in total. The number of aliphatic carboxylic acids is 1. The highest BCUT2D eigenvalue weighted by Gasteiger charge is 2.35. The Morgan fingerprint density at radius 1 is 1.58 bits per heavy atom. The van der Waals surface area contributed by atoms with Gasteiger partial charge in [-0.15, -0.1) is 11.3 Å². The Morgan fingerprint density at radius 2 is 2.37 bits per heavy atom. The first-order valence-electron chi connectivity index (χ1n) is 6.65. The molecule has 108 valence electrons. The Labute approximate surface area is 123 Å². The molecule has 0 radical (unpaired) electrons. The molecule has 0 saturated carbocycles. The largest absolute Gasteiger partial charge is 0.480 e. The van der Waals surface area contributed by atoms with Crippen molar-refractivity contribution >= 4 is 29.1 Å². The number of carboxylic acid groups (broad SMARTS) is 1. The number of thiazole rings is 1. The second-order valence-corrected chi connectivity index (χ2v) is 6.65. The summed E-state index contributed by atoms with van der Waals surface area (Å²) in [6, 6.07) is 0. The summed E-state index contributed by atoms with van der Waals surface area (Å²) in [5.74, 6) is 0.179. The zero-order valence-corrected chi connectivity index (χ0v) is 13.1. The Morgan fingerprint density at radius 3 is 2.89 bits per heavy atom. The summed E-state index contributed by atoms with van der Waals surface area (Å²) < 4.78 is 1.05. The highest BCUT2D eigenvalue weighted by Crippen LogP contribution is 2.24. The minimum Gasteiger partial charge on any atom is -0.480 e. The van der Waals surface area contributed by atoms with Crippen LogP contribution < -0.4 is 5.32 Å². The summed E-state index contributed by atoms with van der Waals surface area (Å²) in [5.41, 5.74) is -0.764. The number of hydrogen-bond acceptors (Lipinski definition) is 5. The minimum atomic E-state index is -0.764. The van der Waals surface area contributed by atoms with Gasteiger partial charge in [0.15, 0.2) is 0 Å². The van der Waals surface area contributed by atoms with Gasteiger partial charge in [-0.2, -0.15) is 0 Å². The highest BCUT2D eigenvalue weighted by atomic mass is 32.2. The second kappa shape index (κ2) is 8.55. The third-order valence-corrected chi connectivity index (χ3v) is 5.16. The van der Waals surface area contributed by atoms with Crippen molar-refractivity contribution in [3.05, 3.63) is 11.6 Å². The van der Waals surface area contributed by atoms with Crippen LogP contribution in [0.15, 0.2) is 15.9 Å². The van der Waals surface area contributed by atoms with Crippen LogP contribution in [0.3, 0.4) is 0 Å². The first-order chi connectivity index (χ1) is 9.14. The first kappa shape index (κ1) is 16.5. The molecule has 0 spiro atoms. The van der Waals surface area contributed by atoms with E-state index in [9.17, 15) is 9.90 Å². The molecule has 1 aromatic rings. The maximum Gasteiger partial charge on any atom is 0.323 e. The molecule has 6 heteroatoms. The van der Waals surface area contributed by atoms with Crippen LogP contribution in [0.5, 0.6) is 0 Å². The summed E-state index contributed by atoms with van der Waals surface area (Å²) in [5, 5.41) is 14.6. The van der Waals surface area contributed by atoms with Crippen molar-refractivity contribution < 1.29 is 9.90 Å². The van der Waals surface area contributed by atoms with Gasteiger partial charge in [0.05, 0.1) is 0 Å². The molecule has 0 aliphatic rings. The van der Waals surface area contributed by atoms with Crippen LogP contribution in [-0.2, 0) is 4.79 Å². The van der Waals surface area contributed by atoms with Gasteiger partial charge in [0.1, 0.15) is 9.88 Å². The first-order valence-corrected chi connectivity index (χ1v) is 8.52. The van der Waals surface area contributed by atoms with Crippen molar-refractivity contribution in [3.8, 4) is 0 Å². The van der Waals surface area contributed by atoms with Gasteiger partial charge in [-0.25, -0.2) is 4.98 Å². The maximum absolute atomic E-state index is 11.5. The third-order valence-electron chi connectivity index (χ3n) is 3.11. The molecule has 0 fully saturated rings. The van der Waals surface area contributed by atoms with E-state index in [-0.39, 0.29) is 0 Å². The molecule has 2 N–H and O–H groups in total. The number of nitrogens with zero attached hydrogens (tertiary/aromatic N) is 1. The maximum atomic E-state index is 11.5. The topological polar surface area (TPSA) is 62.2 Å². The Bertz CT molecular complexity index is 371. The van der Waals surface area contributed by atoms with Crippen LogP contribution in [0.2, 0.25) is 0 Å². The van der Waals surface area contributed by atoms with Crippen LogP contribution in [-0.4, -0.2) is 33.9 Å². The molecule has 0 bridgehead atoms. The highest BCUT2D eigenvalue weighted by molar-refractivity contribution is 8.00. The van der Waals surface area contributed by atoms with Gasteiger partial charge in [0, 0.05) is 17.3 Å². The molecule has 1 aromatic heterocycles. The Kier molecular flexibility index (Phi) is 7.41. The number of hydrogen-bond donors (Lipinski definition) is 2. The van der Waals surface area contributed by atoms with E-state index in [1.165, 1.54) is 0 Å². The van der Waals surface area contributed by atoms with E-state index in [2.05, 4.69) is 10.3 Å². The summed E-state index contributed by atoms with van der Waals surface area (Å²) in [6.45, 7) is 4.73. The van der Waals surface area contributed by atoms with Crippen LogP contribution in [0.1, 0.15) is 39.5 Å². The quantitative estimate of drug-likeness (QED) is 0.513. The van der Waals surface area contributed by atoms with E-state index in [4.69, 9.17) is 0 Å². The zero-order chi connectivity index (χ0) is 14.1. The van der Waals surface area contributed by atoms with E-state index < -0.39 is 11.5 Å². The molecule has 1 heterocycles. The summed E-state index contributed by atoms with van der Waals surface area (Å²) in [4.78, 5) is 15.7. The molecule has 0 saturated heterocycles. The SMILES string of the molecule is CCCNC(CC)(CCCSc1nccs1)C(=O)O. The van der Waals surface area contributed by atoms with Gasteiger partial charge in [-0.1, -0.05) is 25.6 Å². The van der Waals surface area contributed by atoms with E-state index in [0.29, 0.717) is 12.8 Å². The molecular formula is C13H22N2O2S2. The van der Waals surface area contributed by atoms with E-state index in [0.717, 1.165) is 29.5 Å². The Hall–Kier alpha value is -0.590. The van der Waals surface area contributed by atoms with Crippen LogP contribution in [0.4, 0.5) is 0 Å². The zero-order valence-electron chi connectivity index (χ0n) is 11.5. The van der Waals surface area contributed by atoms with Crippen LogP contribution in [0, 0.1) is 0 Å². The molecule has 0 aromatic carbocycles. The fourth-order valence-electron chi connectivity index (χ4n) is 1.90. The summed E-state index contributed by atoms with van der Waals surface area (Å²) >= 11 is 3.33. The van der Waals surface area contributed by atoms with Gasteiger partial charge in [0.25, 0.3) is 0 Å². The van der Waals surface area contributed by atoms with Gasteiger partial charge in [-0.3, -0.25) is 4.79 Å². The van der Waals surface area contributed by atoms with E-state index in [1.54, 1.807) is 29.3 Å². The van der Waals surface area contributed by atoms with Crippen molar-refractivity contribution in [3.63, 3.8) is 0 Å². The fourth-order valence-corrected chi connectivity index (χ4v) is 3.55. The van der Waals surface area contributed by atoms with E-state index in [1.807, 2.05) is 19.2 Å². The molecular weight excluding hydrogens is 280 g/mol. The number of nitrogens with one attached hydrogen (secondary N) is 1. The number of carboxylic acids is 1. The number of rotatable bonds is 10. The van der Waals surface area contributed by atoms with Crippen LogP contribution >= 0.6 is 23.1 Å². The molecule has 0 amide bonds. The normalized spacial score (nSPS) is 14.2. The Balaban J connectivity index is 2.41. The second-order valence-electron chi connectivity index (χ2n) is 4.42. The number of thioether (sulfide) groups is 1. The third kappa shape index (κ3) is 5.12. The predicted molar refractivity (Wildman–Crippen MR) is 81.0 cm³/mol. The van der Waals surface area contributed by atoms with Gasteiger partial charge >= 0.3 is 5.97 Å².